The summed E-state index contributed by atoms with van der Waals surface area (Å²) in [6, 6.07) is 0. The molecule has 0 saturated carbocycles. The Hall–Kier alpha value is -0.160. The summed E-state index contributed by atoms with van der Waals surface area (Å²) >= 11 is 0. The van der Waals surface area contributed by atoms with E-state index in [9.17, 15) is 0 Å². The van der Waals surface area contributed by atoms with Crippen LogP contribution < -0.4 is 5.73 Å². The van der Waals surface area contributed by atoms with E-state index >= 15 is 0 Å². The number of aliphatic hydroxyl groups excluding tert-OH is 2. The predicted octanol–water partition coefficient (Wildman–Crippen LogP) is -0.988. The van der Waals surface area contributed by atoms with E-state index < -0.39 is 0 Å². The first-order valence-electron chi connectivity index (χ1n) is 4.49. The quantitative estimate of drug-likeness (QED) is 0.415. The summed E-state index contributed by atoms with van der Waals surface area (Å²) in [5.41, 5.74) is 5.35. The molecule has 0 unspecified atom stereocenters. The molecule has 0 aromatic rings. The lowest BCUT2D eigenvalue weighted by atomic mass is 10.3. The summed E-state index contributed by atoms with van der Waals surface area (Å²) in [6.07, 6.45) is 2.05. The van der Waals surface area contributed by atoms with Crippen LogP contribution in [0.4, 0.5) is 0 Å². The van der Waals surface area contributed by atoms with Gasteiger partial charge in [-0.1, -0.05) is 0 Å². The highest BCUT2D eigenvalue weighted by molar-refractivity contribution is 4.56. The molecule has 0 bridgehead atoms. The average molecular weight is 176 g/mol. The van der Waals surface area contributed by atoms with Crippen molar-refractivity contribution < 1.29 is 10.2 Å². The first-order valence-corrected chi connectivity index (χ1v) is 4.49. The van der Waals surface area contributed by atoms with Gasteiger partial charge in [0.05, 0.1) is 13.2 Å². The standard InChI is InChI=1S/C8H20N2O2/c9-3-1-2-4-10(5-7-11)6-8-12/h11-12H,1-9H2. The van der Waals surface area contributed by atoms with Crippen LogP contribution in [-0.4, -0.2) is 54.5 Å². The van der Waals surface area contributed by atoms with E-state index in [1.165, 1.54) is 0 Å². The van der Waals surface area contributed by atoms with Gasteiger partial charge >= 0.3 is 0 Å². The summed E-state index contributed by atoms with van der Waals surface area (Å²) in [4.78, 5) is 2.04. The molecule has 0 atom stereocenters. The highest BCUT2D eigenvalue weighted by Gasteiger charge is 2.01. The minimum Gasteiger partial charge on any atom is -0.395 e. The molecule has 4 heteroatoms. The van der Waals surface area contributed by atoms with Crippen molar-refractivity contribution in [3.8, 4) is 0 Å². The van der Waals surface area contributed by atoms with Crippen LogP contribution in [0.5, 0.6) is 0 Å². The SMILES string of the molecule is NCCCCN(CCO)CCO. The zero-order valence-corrected chi connectivity index (χ0v) is 7.58. The maximum absolute atomic E-state index is 8.67. The molecule has 4 nitrogen and oxygen atoms in total. The van der Waals surface area contributed by atoms with Crippen molar-refractivity contribution in [3.63, 3.8) is 0 Å². The van der Waals surface area contributed by atoms with Gasteiger partial charge in [0.15, 0.2) is 0 Å². The fourth-order valence-corrected chi connectivity index (χ4v) is 1.10. The Labute approximate surface area is 74.0 Å². The number of hydrogen-bond donors (Lipinski definition) is 3. The second-order valence-corrected chi connectivity index (χ2v) is 2.78. The summed E-state index contributed by atoms with van der Waals surface area (Å²) < 4.78 is 0. The van der Waals surface area contributed by atoms with Crippen LogP contribution >= 0.6 is 0 Å². The Morgan fingerprint density at radius 2 is 1.50 bits per heavy atom. The summed E-state index contributed by atoms with van der Waals surface area (Å²) in [7, 11) is 0. The number of nitrogens with zero attached hydrogens (tertiary/aromatic N) is 1. The van der Waals surface area contributed by atoms with Crippen LogP contribution in [0.1, 0.15) is 12.8 Å². The van der Waals surface area contributed by atoms with Crippen LogP contribution in [0.25, 0.3) is 0 Å². The molecular formula is C8H20N2O2. The van der Waals surface area contributed by atoms with Crippen LogP contribution in [-0.2, 0) is 0 Å². The Morgan fingerprint density at radius 3 is 1.92 bits per heavy atom. The third-order valence-corrected chi connectivity index (χ3v) is 1.76. The van der Waals surface area contributed by atoms with Gasteiger partial charge in [0.25, 0.3) is 0 Å². The molecule has 0 amide bonds. The lowest BCUT2D eigenvalue weighted by molar-refractivity contribution is 0.159. The van der Waals surface area contributed by atoms with Crippen molar-refractivity contribution in [2.45, 2.75) is 12.8 Å². The van der Waals surface area contributed by atoms with E-state index in [-0.39, 0.29) is 13.2 Å². The van der Waals surface area contributed by atoms with E-state index in [1.54, 1.807) is 0 Å². The Morgan fingerprint density at radius 1 is 0.917 bits per heavy atom. The van der Waals surface area contributed by atoms with Crippen LogP contribution in [0.15, 0.2) is 0 Å². The molecule has 0 aliphatic heterocycles. The van der Waals surface area contributed by atoms with Crippen molar-refractivity contribution in [3.05, 3.63) is 0 Å². The molecule has 0 aromatic carbocycles. The molecule has 0 saturated heterocycles. The first kappa shape index (κ1) is 11.8. The van der Waals surface area contributed by atoms with Gasteiger partial charge in [-0.2, -0.15) is 0 Å². The van der Waals surface area contributed by atoms with Gasteiger partial charge in [0, 0.05) is 13.1 Å². The third kappa shape index (κ3) is 6.54. The molecule has 4 N–H and O–H groups in total. The molecule has 0 rings (SSSR count). The summed E-state index contributed by atoms with van der Waals surface area (Å²) in [5, 5.41) is 17.3. The lowest BCUT2D eigenvalue weighted by Gasteiger charge is -2.19. The van der Waals surface area contributed by atoms with Crippen molar-refractivity contribution in [2.24, 2.45) is 5.73 Å². The topological polar surface area (TPSA) is 69.7 Å². The molecule has 0 spiro atoms. The van der Waals surface area contributed by atoms with Crippen LogP contribution in [0.2, 0.25) is 0 Å². The second kappa shape index (κ2) is 8.93. The molecule has 0 aliphatic rings. The smallest absolute Gasteiger partial charge is 0.0558 e. The third-order valence-electron chi connectivity index (χ3n) is 1.76. The minimum atomic E-state index is 0.155. The molecule has 0 fully saturated rings. The minimum absolute atomic E-state index is 0.155. The predicted molar refractivity (Wildman–Crippen MR) is 48.9 cm³/mol. The van der Waals surface area contributed by atoms with E-state index in [0.717, 1.165) is 19.4 Å². The van der Waals surface area contributed by atoms with Gasteiger partial charge in [-0.3, -0.25) is 4.90 Å². The Balaban J connectivity index is 3.34. The molecule has 0 heterocycles. The van der Waals surface area contributed by atoms with Gasteiger partial charge in [-0.15, -0.1) is 0 Å². The highest BCUT2D eigenvalue weighted by atomic mass is 16.3. The Kier molecular flexibility index (Phi) is 8.81. The Bertz CT molecular complexity index is 85.1. The molecule has 74 valence electrons. The van der Waals surface area contributed by atoms with Crippen molar-refractivity contribution >= 4 is 0 Å². The molecular weight excluding hydrogens is 156 g/mol. The maximum atomic E-state index is 8.67. The van der Waals surface area contributed by atoms with Crippen LogP contribution in [0.3, 0.4) is 0 Å². The average Bonchev–Trinajstić information content (AvgIpc) is 2.06. The van der Waals surface area contributed by atoms with E-state index in [2.05, 4.69) is 0 Å². The van der Waals surface area contributed by atoms with E-state index in [4.69, 9.17) is 15.9 Å². The number of hydrogen-bond acceptors (Lipinski definition) is 4. The van der Waals surface area contributed by atoms with Gasteiger partial charge in [0.2, 0.25) is 0 Å². The zero-order chi connectivity index (χ0) is 9.23. The fourth-order valence-electron chi connectivity index (χ4n) is 1.10. The van der Waals surface area contributed by atoms with Crippen molar-refractivity contribution in [1.82, 2.24) is 4.90 Å². The number of unbranched alkanes of at least 4 members (excludes halogenated alkanes) is 1. The molecule has 0 aliphatic carbocycles. The first-order chi connectivity index (χ1) is 5.85. The highest BCUT2D eigenvalue weighted by Crippen LogP contribution is 1.93. The van der Waals surface area contributed by atoms with Gasteiger partial charge in [-0.05, 0) is 25.9 Å². The number of nitrogens with two attached hydrogens (primary N) is 1. The molecule has 0 aromatic heterocycles. The normalized spacial score (nSPS) is 11.0. The van der Waals surface area contributed by atoms with Crippen LogP contribution in [0, 0.1) is 0 Å². The zero-order valence-electron chi connectivity index (χ0n) is 7.58. The fraction of sp³-hybridized carbons (Fsp3) is 1.00. The maximum Gasteiger partial charge on any atom is 0.0558 e. The summed E-state index contributed by atoms with van der Waals surface area (Å²) in [6.45, 7) is 3.23. The van der Waals surface area contributed by atoms with Crippen molar-refractivity contribution in [1.29, 1.82) is 0 Å². The molecule has 12 heavy (non-hydrogen) atoms. The van der Waals surface area contributed by atoms with Gasteiger partial charge in [-0.25, -0.2) is 0 Å². The molecule has 0 radical (unpaired) electrons. The van der Waals surface area contributed by atoms with Crippen molar-refractivity contribution in [2.75, 3.05) is 39.4 Å². The van der Waals surface area contributed by atoms with Gasteiger partial charge in [0.1, 0.15) is 0 Å². The monoisotopic (exact) mass is 176 g/mol. The van der Waals surface area contributed by atoms with Gasteiger partial charge < -0.3 is 15.9 Å². The lowest BCUT2D eigenvalue weighted by Crippen LogP contribution is -2.31. The second-order valence-electron chi connectivity index (χ2n) is 2.78. The van der Waals surface area contributed by atoms with E-state index in [1.807, 2.05) is 4.90 Å². The van der Waals surface area contributed by atoms with E-state index in [0.29, 0.717) is 19.6 Å². The summed E-state index contributed by atoms with van der Waals surface area (Å²) in [5.74, 6) is 0. The number of aliphatic hydroxyl groups is 2. The number of rotatable bonds is 8. The largest absolute Gasteiger partial charge is 0.395 e.